The average molecular weight is 319 g/mol. The van der Waals surface area contributed by atoms with Gasteiger partial charge in [0, 0.05) is 20.6 Å². The van der Waals surface area contributed by atoms with Crippen LogP contribution in [-0.4, -0.2) is 36.4 Å². The van der Waals surface area contributed by atoms with Crippen LogP contribution in [0.3, 0.4) is 0 Å². The molecule has 1 amide bonds. The summed E-state index contributed by atoms with van der Waals surface area (Å²) in [4.78, 5) is 16.2. The predicted octanol–water partition coefficient (Wildman–Crippen LogP) is 2.70. The van der Waals surface area contributed by atoms with Crippen molar-refractivity contribution in [1.29, 1.82) is 0 Å². The molecule has 8 heteroatoms. The van der Waals surface area contributed by atoms with Crippen LogP contribution in [0.25, 0.3) is 0 Å². The number of carbonyl (C=O) groups is 1. The summed E-state index contributed by atoms with van der Waals surface area (Å²) < 4.78 is 53.4. The summed E-state index contributed by atoms with van der Waals surface area (Å²) in [6, 6.07) is 0. The number of anilines is 1. The molecule has 1 fully saturated rings. The molecule has 0 atom stereocenters. The van der Waals surface area contributed by atoms with Gasteiger partial charge in [-0.05, 0) is 12.8 Å². The molecule has 1 aliphatic rings. The van der Waals surface area contributed by atoms with Crippen LogP contribution < -0.4 is 5.32 Å². The molecular weight excluding hydrogens is 302 g/mol. The molecule has 1 saturated carbocycles. The smallest absolute Gasteiger partial charge is 0.253 e. The van der Waals surface area contributed by atoms with Crippen LogP contribution in [0.4, 0.5) is 23.2 Å². The van der Waals surface area contributed by atoms with E-state index in [1.165, 1.54) is 4.90 Å². The number of halogens is 4. The van der Waals surface area contributed by atoms with E-state index >= 15 is 0 Å². The molecule has 0 radical (unpaired) electrons. The Balaban J connectivity index is 2.26. The zero-order valence-electron chi connectivity index (χ0n) is 12.4. The fraction of sp³-hybridized carbons (Fsp3) is 0.571. The monoisotopic (exact) mass is 319 g/mol. The molecule has 0 aromatic carbocycles. The average Bonchev–Trinajstić information content (AvgIpc) is 2.94. The topological polar surface area (TPSA) is 45.2 Å². The summed E-state index contributed by atoms with van der Waals surface area (Å²) in [5.74, 6) is -6.80. The third-order valence-corrected chi connectivity index (χ3v) is 4.02. The number of nitrogens with one attached hydrogen (secondary N) is 1. The minimum atomic E-state index is -1.72. The molecule has 0 unspecified atom stereocenters. The van der Waals surface area contributed by atoms with Crippen molar-refractivity contribution in [2.24, 2.45) is 5.41 Å². The van der Waals surface area contributed by atoms with E-state index in [2.05, 4.69) is 10.3 Å². The Bertz CT molecular complexity index is 560. The van der Waals surface area contributed by atoms with Gasteiger partial charge in [0.25, 0.3) is 11.9 Å². The van der Waals surface area contributed by atoms with E-state index in [-0.39, 0.29) is 12.5 Å². The highest BCUT2D eigenvalue weighted by molar-refractivity contribution is 5.83. The number of nitrogens with zero attached hydrogens (tertiary/aromatic N) is 2. The first-order chi connectivity index (χ1) is 10.3. The molecule has 0 saturated heterocycles. The van der Waals surface area contributed by atoms with Gasteiger partial charge in [0.05, 0.1) is 5.41 Å². The zero-order chi connectivity index (χ0) is 16.5. The lowest BCUT2D eigenvalue weighted by Crippen LogP contribution is -2.43. The molecule has 1 aromatic rings. The summed E-state index contributed by atoms with van der Waals surface area (Å²) in [7, 11) is 3.19. The van der Waals surface area contributed by atoms with E-state index in [9.17, 15) is 22.4 Å². The first-order valence-electron chi connectivity index (χ1n) is 6.94. The van der Waals surface area contributed by atoms with Crippen LogP contribution in [0.2, 0.25) is 0 Å². The number of hydrogen-bond donors (Lipinski definition) is 1. The predicted molar refractivity (Wildman–Crippen MR) is 72.2 cm³/mol. The molecule has 1 N–H and O–H groups in total. The lowest BCUT2D eigenvalue weighted by atomic mass is 9.84. The van der Waals surface area contributed by atoms with Crippen molar-refractivity contribution in [3.8, 4) is 0 Å². The van der Waals surface area contributed by atoms with Crippen LogP contribution in [0.1, 0.15) is 25.7 Å². The normalized spacial score (nSPS) is 16.6. The second-order valence-corrected chi connectivity index (χ2v) is 5.74. The van der Waals surface area contributed by atoms with Crippen molar-refractivity contribution in [2.75, 3.05) is 26.0 Å². The summed E-state index contributed by atoms with van der Waals surface area (Å²) >= 11 is 0. The van der Waals surface area contributed by atoms with Crippen molar-refractivity contribution < 1.29 is 22.4 Å². The first-order valence-corrected chi connectivity index (χ1v) is 6.94. The van der Waals surface area contributed by atoms with Gasteiger partial charge in [0.1, 0.15) is 5.69 Å². The van der Waals surface area contributed by atoms with E-state index in [0.717, 1.165) is 12.8 Å². The number of pyridine rings is 1. The number of amides is 1. The molecule has 1 heterocycles. The fourth-order valence-electron chi connectivity index (χ4n) is 2.89. The Morgan fingerprint density at radius 3 is 2.09 bits per heavy atom. The Kier molecular flexibility index (Phi) is 4.58. The van der Waals surface area contributed by atoms with Crippen LogP contribution in [0, 0.1) is 28.9 Å². The maximum absolute atomic E-state index is 13.6. The largest absolute Gasteiger partial charge is 0.379 e. The maximum atomic E-state index is 13.6. The molecule has 1 aromatic heterocycles. The second-order valence-electron chi connectivity index (χ2n) is 5.74. The van der Waals surface area contributed by atoms with E-state index in [1.807, 2.05) is 0 Å². The molecule has 1 aliphatic carbocycles. The molecule has 22 heavy (non-hydrogen) atoms. The number of rotatable bonds is 4. The molecule has 0 aliphatic heterocycles. The quantitative estimate of drug-likeness (QED) is 0.685. The van der Waals surface area contributed by atoms with Gasteiger partial charge in [-0.15, -0.1) is 0 Å². The lowest BCUT2D eigenvalue weighted by Gasteiger charge is -2.31. The number of carbonyl (C=O) groups excluding carboxylic acids is 1. The fourth-order valence-corrected chi connectivity index (χ4v) is 2.89. The van der Waals surface area contributed by atoms with Gasteiger partial charge in [0.15, 0.2) is 0 Å². The van der Waals surface area contributed by atoms with Crippen molar-refractivity contribution in [3.63, 3.8) is 0 Å². The van der Waals surface area contributed by atoms with Gasteiger partial charge in [-0.25, -0.2) is 0 Å². The second kappa shape index (κ2) is 6.10. The maximum Gasteiger partial charge on any atom is 0.253 e. The summed E-state index contributed by atoms with van der Waals surface area (Å²) in [6.07, 6.45) is 2.73. The highest BCUT2D eigenvalue weighted by atomic mass is 19.2. The van der Waals surface area contributed by atoms with Crippen molar-refractivity contribution in [2.45, 2.75) is 25.7 Å². The molecule has 0 bridgehead atoms. The minimum Gasteiger partial charge on any atom is -0.379 e. The Morgan fingerprint density at radius 1 is 1.14 bits per heavy atom. The van der Waals surface area contributed by atoms with Crippen molar-refractivity contribution in [1.82, 2.24) is 9.88 Å². The molecule has 4 nitrogen and oxygen atoms in total. The first kappa shape index (κ1) is 16.5. The van der Waals surface area contributed by atoms with E-state index in [4.69, 9.17) is 0 Å². The number of hydrogen-bond acceptors (Lipinski definition) is 3. The van der Waals surface area contributed by atoms with Crippen LogP contribution in [0.5, 0.6) is 0 Å². The third kappa shape index (κ3) is 2.86. The summed E-state index contributed by atoms with van der Waals surface area (Å²) in [5.41, 5.74) is -1.75. The zero-order valence-corrected chi connectivity index (χ0v) is 12.4. The van der Waals surface area contributed by atoms with Gasteiger partial charge < -0.3 is 10.2 Å². The molecular formula is C14H17F4N3O. The SMILES string of the molecule is CN(C)C(=O)C1(CNc2c(F)c(F)nc(F)c2F)CCCC1. The Labute approximate surface area is 125 Å². The van der Waals surface area contributed by atoms with Gasteiger partial charge >= 0.3 is 0 Å². The molecule has 122 valence electrons. The van der Waals surface area contributed by atoms with Gasteiger partial charge in [0.2, 0.25) is 17.5 Å². The van der Waals surface area contributed by atoms with Crippen LogP contribution in [-0.2, 0) is 4.79 Å². The van der Waals surface area contributed by atoms with Crippen LogP contribution in [0.15, 0.2) is 0 Å². The standard InChI is InChI=1S/C14H17F4N3O/c1-21(2)13(22)14(5-3-4-6-14)7-19-10-8(15)11(17)20-12(18)9(10)16/h3-7H2,1-2H3,(H,19,20). The third-order valence-electron chi connectivity index (χ3n) is 4.02. The molecule has 0 spiro atoms. The van der Waals surface area contributed by atoms with Crippen LogP contribution >= 0.6 is 0 Å². The van der Waals surface area contributed by atoms with Crippen molar-refractivity contribution >= 4 is 11.6 Å². The van der Waals surface area contributed by atoms with Gasteiger partial charge in [-0.2, -0.15) is 22.5 Å². The highest BCUT2D eigenvalue weighted by Gasteiger charge is 2.42. The van der Waals surface area contributed by atoms with E-state index in [0.29, 0.717) is 12.8 Å². The summed E-state index contributed by atoms with van der Waals surface area (Å²) in [5, 5.41) is 2.36. The lowest BCUT2D eigenvalue weighted by molar-refractivity contribution is -0.138. The number of aromatic nitrogens is 1. The molecule has 2 rings (SSSR count). The van der Waals surface area contributed by atoms with Gasteiger partial charge in [-0.3, -0.25) is 4.79 Å². The summed E-state index contributed by atoms with van der Waals surface area (Å²) in [6.45, 7) is -0.0965. The van der Waals surface area contributed by atoms with E-state index in [1.54, 1.807) is 14.1 Å². The minimum absolute atomic E-state index is 0.0965. The Hall–Kier alpha value is -1.86. The highest BCUT2D eigenvalue weighted by Crippen LogP contribution is 2.40. The van der Waals surface area contributed by atoms with E-state index < -0.39 is 34.6 Å². The van der Waals surface area contributed by atoms with Gasteiger partial charge in [-0.1, -0.05) is 12.8 Å². The van der Waals surface area contributed by atoms with Crippen molar-refractivity contribution in [3.05, 3.63) is 23.5 Å². The Morgan fingerprint density at radius 2 is 1.64 bits per heavy atom.